The van der Waals surface area contributed by atoms with Gasteiger partial charge in [-0.05, 0) is 24.3 Å². The lowest BCUT2D eigenvalue weighted by Gasteiger charge is -2.12. The number of anilines is 1. The molecule has 1 aliphatic heterocycles. The molecule has 3 heterocycles. The number of fused-ring (bicyclic) bond motifs is 1. The maximum absolute atomic E-state index is 13.0. The van der Waals surface area contributed by atoms with Crippen LogP contribution in [0.3, 0.4) is 0 Å². The average Bonchev–Trinajstić information content (AvgIpc) is 3.07. The molecular weight excluding hydrogens is 357 g/mol. The summed E-state index contributed by atoms with van der Waals surface area (Å²) >= 11 is 12.3. The molecule has 0 saturated carbocycles. The van der Waals surface area contributed by atoms with E-state index in [1.807, 2.05) is 18.2 Å². The zero-order chi connectivity index (χ0) is 17.4. The number of hydrogen-bond acceptors (Lipinski definition) is 4. The lowest BCUT2D eigenvalue weighted by atomic mass is 9.92. The minimum absolute atomic E-state index is 0.0658. The van der Waals surface area contributed by atoms with Gasteiger partial charge in [-0.3, -0.25) is 9.78 Å². The molecule has 0 radical (unpaired) electrons. The monoisotopic (exact) mass is 369 g/mol. The predicted octanol–water partition coefficient (Wildman–Crippen LogP) is 4.84. The molecule has 1 aliphatic rings. The molecule has 0 bridgehead atoms. The van der Waals surface area contributed by atoms with Crippen LogP contribution in [-0.4, -0.2) is 22.3 Å². The molecule has 0 saturated heterocycles. The second-order valence-corrected chi connectivity index (χ2v) is 6.59. The summed E-state index contributed by atoms with van der Waals surface area (Å²) in [6, 6.07) is 10.9. The van der Waals surface area contributed by atoms with Gasteiger partial charge in [0.1, 0.15) is 5.82 Å². The van der Waals surface area contributed by atoms with E-state index in [-0.39, 0.29) is 11.7 Å². The topological polar surface area (TPSA) is 54.9 Å². The first-order chi connectivity index (χ1) is 12.1. The van der Waals surface area contributed by atoms with Gasteiger partial charge >= 0.3 is 0 Å². The highest BCUT2D eigenvalue weighted by Crippen LogP contribution is 2.37. The van der Waals surface area contributed by atoms with Crippen molar-refractivity contribution in [3.63, 3.8) is 0 Å². The van der Waals surface area contributed by atoms with Gasteiger partial charge in [0.15, 0.2) is 5.78 Å². The molecule has 2 aromatic heterocycles. The summed E-state index contributed by atoms with van der Waals surface area (Å²) in [5, 5.41) is 3.86. The summed E-state index contributed by atoms with van der Waals surface area (Å²) in [5.74, 6) is 0.308. The molecule has 0 amide bonds. The highest BCUT2D eigenvalue weighted by Gasteiger charge is 2.31. The molecule has 3 aromatic rings. The van der Waals surface area contributed by atoms with Gasteiger partial charge in [0, 0.05) is 47.4 Å². The van der Waals surface area contributed by atoms with Crippen molar-refractivity contribution in [2.45, 2.75) is 5.92 Å². The van der Waals surface area contributed by atoms with Crippen molar-refractivity contribution in [2.75, 3.05) is 11.9 Å². The van der Waals surface area contributed by atoms with Crippen LogP contribution in [0.5, 0.6) is 0 Å². The Hall–Kier alpha value is -2.43. The summed E-state index contributed by atoms with van der Waals surface area (Å²) in [5.41, 5.74) is 3.17. The molecule has 124 valence electrons. The number of pyridine rings is 2. The van der Waals surface area contributed by atoms with Crippen molar-refractivity contribution in [2.24, 2.45) is 0 Å². The summed E-state index contributed by atoms with van der Waals surface area (Å²) in [4.78, 5) is 21.6. The van der Waals surface area contributed by atoms with Crippen LogP contribution in [0.25, 0.3) is 11.1 Å². The van der Waals surface area contributed by atoms with Crippen molar-refractivity contribution in [1.82, 2.24) is 9.97 Å². The fourth-order valence-electron chi connectivity index (χ4n) is 3.01. The fraction of sp³-hybridized carbons (Fsp3) is 0.105. The van der Waals surface area contributed by atoms with Gasteiger partial charge in [-0.15, -0.1) is 0 Å². The highest BCUT2D eigenvalue weighted by atomic mass is 35.5. The van der Waals surface area contributed by atoms with Gasteiger partial charge in [-0.25, -0.2) is 4.98 Å². The molecule has 0 spiro atoms. The van der Waals surface area contributed by atoms with Crippen LogP contribution in [0.2, 0.25) is 10.0 Å². The number of halogens is 2. The van der Waals surface area contributed by atoms with Crippen molar-refractivity contribution < 1.29 is 4.79 Å². The maximum Gasteiger partial charge on any atom is 0.173 e. The van der Waals surface area contributed by atoms with Gasteiger partial charge < -0.3 is 5.32 Å². The lowest BCUT2D eigenvalue weighted by Crippen LogP contribution is -2.15. The molecule has 0 fully saturated rings. The van der Waals surface area contributed by atoms with E-state index in [0.717, 1.165) is 22.5 Å². The number of carbonyl (C=O) groups excluding carboxylic acids is 1. The third-order valence-corrected chi connectivity index (χ3v) is 5.11. The Morgan fingerprint density at radius 2 is 2.00 bits per heavy atom. The molecule has 1 aromatic carbocycles. The maximum atomic E-state index is 13.0. The normalized spacial score (nSPS) is 15.5. The average molecular weight is 370 g/mol. The number of rotatable bonds is 3. The molecule has 1 unspecified atom stereocenters. The van der Waals surface area contributed by atoms with Crippen molar-refractivity contribution >= 4 is 34.8 Å². The van der Waals surface area contributed by atoms with E-state index in [2.05, 4.69) is 15.3 Å². The largest absolute Gasteiger partial charge is 0.369 e. The Kier molecular flexibility index (Phi) is 4.15. The standard InChI is InChI=1S/C19H13Cl2N3O/c20-16-5-1-4-13(17(16)21)18(25)15-10-24-19-14(15)7-12(9-23-19)11-3-2-6-22-8-11/h1-9,15H,10H2,(H,23,24). The van der Waals surface area contributed by atoms with Gasteiger partial charge in [0.25, 0.3) is 0 Å². The molecular formula is C19H13Cl2N3O. The van der Waals surface area contributed by atoms with Crippen molar-refractivity contribution in [1.29, 1.82) is 0 Å². The minimum atomic E-state index is -0.352. The van der Waals surface area contributed by atoms with Crippen LogP contribution >= 0.6 is 23.2 Å². The summed E-state index contributed by atoms with van der Waals surface area (Å²) < 4.78 is 0. The zero-order valence-corrected chi connectivity index (χ0v) is 14.6. The highest BCUT2D eigenvalue weighted by molar-refractivity contribution is 6.44. The number of ketones is 1. The Morgan fingerprint density at radius 3 is 2.80 bits per heavy atom. The van der Waals surface area contributed by atoms with Gasteiger partial charge in [0.05, 0.1) is 16.0 Å². The van der Waals surface area contributed by atoms with E-state index >= 15 is 0 Å². The van der Waals surface area contributed by atoms with Crippen LogP contribution in [-0.2, 0) is 0 Å². The first-order valence-electron chi connectivity index (χ1n) is 7.77. The van der Waals surface area contributed by atoms with Crippen molar-refractivity contribution in [3.8, 4) is 11.1 Å². The van der Waals surface area contributed by atoms with Crippen LogP contribution in [0.15, 0.2) is 55.0 Å². The van der Waals surface area contributed by atoms with Crippen molar-refractivity contribution in [3.05, 3.63) is 76.2 Å². The van der Waals surface area contributed by atoms with E-state index in [9.17, 15) is 4.79 Å². The SMILES string of the molecule is O=C(c1cccc(Cl)c1Cl)C1CNc2ncc(-c3cccnc3)cc21. The summed E-state index contributed by atoms with van der Waals surface area (Å²) in [6.07, 6.45) is 5.28. The number of aromatic nitrogens is 2. The summed E-state index contributed by atoms with van der Waals surface area (Å²) in [7, 11) is 0. The molecule has 4 nitrogen and oxygen atoms in total. The number of hydrogen-bond donors (Lipinski definition) is 1. The smallest absolute Gasteiger partial charge is 0.173 e. The van der Waals surface area contributed by atoms with Crippen LogP contribution < -0.4 is 5.32 Å². The Balaban J connectivity index is 1.74. The number of nitrogens with one attached hydrogen (secondary N) is 1. The van der Waals surface area contributed by atoms with Crippen LogP contribution in [0, 0.1) is 0 Å². The third kappa shape index (κ3) is 2.88. The Labute approximate surface area is 154 Å². The Bertz CT molecular complexity index is 960. The van der Waals surface area contributed by atoms with Gasteiger partial charge in [-0.1, -0.05) is 35.3 Å². The molecule has 25 heavy (non-hydrogen) atoms. The molecule has 1 atom stereocenters. The van der Waals surface area contributed by atoms with E-state index in [0.29, 0.717) is 22.2 Å². The number of Topliss-reactive ketones (excluding diaryl/α,β-unsaturated/α-hetero) is 1. The number of benzene rings is 1. The molecule has 1 N–H and O–H groups in total. The van der Waals surface area contributed by atoms with E-state index in [1.165, 1.54) is 0 Å². The Morgan fingerprint density at radius 1 is 1.12 bits per heavy atom. The zero-order valence-electron chi connectivity index (χ0n) is 13.0. The fourth-order valence-corrected chi connectivity index (χ4v) is 3.40. The minimum Gasteiger partial charge on any atom is -0.369 e. The van der Waals surface area contributed by atoms with Crippen LogP contribution in [0.1, 0.15) is 21.8 Å². The third-order valence-electron chi connectivity index (χ3n) is 4.29. The van der Waals surface area contributed by atoms with E-state index in [4.69, 9.17) is 23.2 Å². The molecule has 4 rings (SSSR count). The summed E-state index contributed by atoms with van der Waals surface area (Å²) in [6.45, 7) is 0.487. The van der Waals surface area contributed by atoms with Gasteiger partial charge in [-0.2, -0.15) is 0 Å². The first kappa shape index (κ1) is 16.1. The predicted molar refractivity (Wildman–Crippen MR) is 99.5 cm³/mol. The van der Waals surface area contributed by atoms with E-state index in [1.54, 1.807) is 36.8 Å². The lowest BCUT2D eigenvalue weighted by molar-refractivity contribution is 0.0966. The first-order valence-corrected chi connectivity index (χ1v) is 8.53. The number of carbonyl (C=O) groups is 1. The second-order valence-electron chi connectivity index (χ2n) is 5.80. The van der Waals surface area contributed by atoms with Crippen LogP contribution in [0.4, 0.5) is 5.82 Å². The van der Waals surface area contributed by atoms with Gasteiger partial charge in [0.2, 0.25) is 0 Å². The molecule has 6 heteroatoms. The quantitative estimate of drug-likeness (QED) is 0.670. The van der Waals surface area contributed by atoms with E-state index < -0.39 is 0 Å². The second kappa shape index (κ2) is 6.47. The number of nitrogens with zero attached hydrogens (tertiary/aromatic N) is 2. The molecule has 0 aliphatic carbocycles.